The highest BCUT2D eigenvalue weighted by molar-refractivity contribution is 5.98. The smallest absolute Gasteiger partial charge is 0.310 e. The molecule has 0 radical (unpaired) electrons. The summed E-state index contributed by atoms with van der Waals surface area (Å²) in [4.78, 5) is 27.3. The number of carbonyl (C=O) groups excluding carboxylic acids is 2. The topological polar surface area (TPSA) is 152 Å². The number of aryl methyl sites for hydroxylation is 1. The number of ether oxygens (including phenoxy) is 4. The SMILES string of the molecule is COc1cc([C@@H]2C[C@H](OC(=O)Cc3ccc4cc(O)cc(-c5cccc(CCCO)c5)c4c3)C[C@@H](OC(C)=O)[C@@H]3Cc4cc(OC)c(O)cc4C[C@@]3(/C=C/c3ccccc3)C2)ccc1O. The van der Waals surface area contributed by atoms with Crippen LogP contribution in [0.4, 0.5) is 0 Å². The first-order valence-corrected chi connectivity index (χ1v) is 22.3. The molecular weight excluding hydrogens is 821 g/mol. The van der Waals surface area contributed by atoms with Crippen molar-refractivity contribution in [1.29, 1.82) is 0 Å². The van der Waals surface area contributed by atoms with Crippen LogP contribution >= 0.6 is 0 Å². The zero-order chi connectivity index (χ0) is 45.7. The Labute approximate surface area is 379 Å². The number of allylic oxidation sites excluding steroid dienone is 1. The highest BCUT2D eigenvalue weighted by Crippen LogP contribution is 2.54. The molecule has 1 saturated carbocycles. The van der Waals surface area contributed by atoms with E-state index in [1.165, 1.54) is 21.1 Å². The van der Waals surface area contributed by atoms with Gasteiger partial charge in [0.15, 0.2) is 23.0 Å². The van der Waals surface area contributed by atoms with E-state index in [1.807, 2.05) is 84.9 Å². The molecule has 0 bridgehead atoms. The van der Waals surface area contributed by atoms with Crippen molar-refractivity contribution in [1.82, 2.24) is 0 Å². The van der Waals surface area contributed by atoms with Gasteiger partial charge in [0.25, 0.3) is 0 Å². The average Bonchev–Trinajstić information content (AvgIpc) is 3.29. The third kappa shape index (κ3) is 10.1. The summed E-state index contributed by atoms with van der Waals surface area (Å²) in [6, 6.07) is 36.2. The van der Waals surface area contributed by atoms with Gasteiger partial charge in [0, 0.05) is 25.9 Å². The number of aliphatic hydroxyl groups excluding tert-OH is 1. The van der Waals surface area contributed by atoms with E-state index in [-0.39, 0.29) is 48.5 Å². The van der Waals surface area contributed by atoms with Gasteiger partial charge >= 0.3 is 11.9 Å². The average molecular weight is 877 g/mol. The molecule has 0 unspecified atom stereocenters. The molecule has 0 aromatic heterocycles. The van der Waals surface area contributed by atoms with Gasteiger partial charge in [0.2, 0.25) is 0 Å². The molecule has 2 aliphatic carbocycles. The molecule has 1 fully saturated rings. The number of aliphatic hydroxyl groups is 1. The minimum Gasteiger partial charge on any atom is -0.508 e. The number of aromatic hydroxyl groups is 3. The number of hydrogen-bond donors (Lipinski definition) is 4. The Balaban J connectivity index is 1.17. The molecule has 10 nitrogen and oxygen atoms in total. The van der Waals surface area contributed by atoms with Crippen molar-refractivity contribution < 1.29 is 49.0 Å². The summed E-state index contributed by atoms with van der Waals surface area (Å²) in [5, 5.41) is 43.5. The fraction of sp³-hybridized carbons (Fsp3) is 0.309. The second kappa shape index (κ2) is 19.5. The maximum absolute atomic E-state index is 14.3. The number of phenolic OH excluding ortho intramolecular Hbond substituents is 3. The normalized spacial score (nSPS) is 20.6. The van der Waals surface area contributed by atoms with Gasteiger partial charge in [-0.05, 0) is 148 Å². The quantitative estimate of drug-likeness (QED) is 0.0826. The summed E-state index contributed by atoms with van der Waals surface area (Å²) in [5.41, 5.74) is 6.77. The second-order valence-electron chi connectivity index (χ2n) is 17.6. The summed E-state index contributed by atoms with van der Waals surface area (Å²) in [5.74, 6) is -0.507. The molecule has 0 heterocycles. The Kier molecular flexibility index (Phi) is 13.5. The number of fused-ring (bicyclic) bond motifs is 3. The number of carbonyl (C=O) groups is 2. The van der Waals surface area contributed by atoms with E-state index in [0.29, 0.717) is 43.6 Å². The minimum atomic E-state index is -0.668. The molecule has 6 aromatic carbocycles. The summed E-state index contributed by atoms with van der Waals surface area (Å²) < 4.78 is 23.9. The molecule has 2 aliphatic rings. The molecule has 65 heavy (non-hydrogen) atoms. The maximum Gasteiger partial charge on any atom is 0.310 e. The zero-order valence-electron chi connectivity index (χ0n) is 37.0. The molecule has 336 valence electrons. The molecule has 0 spiro atoms. The van der Waals surface area contributed by atoms with Crippen LogP contribution in [-0.4, -0.2) is 65.4 Å². The van der Waals surface area contributed by atoms with Crippen LogP contribution in [0, 0.1) is 11.3 Å². The number of methoxy groups -OCH3 is 2. The highest BCUT2D eigenvalue weighted by Gasteiger charge is 2.50. The van der Waals surface area contributed by atoms with Crippen molar-refractivity contribution in [3.63, 3.8) is 0 Å². The molecular formula is C55H56O10. The fourth-order valence-corrected chi connectivity index (χ4v) is 10.2. The molecule has 6 aromatic rings. The van der Waals surface area contributed by atoms with Gasteiger partial charge in [-0.15, -0.1) is 0 Å². The largest absolute Gasteiger partial charge is 0.508 e. The maximum atomic E-state index is 14.3. The van der Waals surface area contributed by atoms with E-state index >= 15 is 0 Å². The van der Waals surface area contributed by atoms with Gasteiger partial charge in [0.1, 0.15) is 18.0 Å². The van der Waals surface area contributed by atoms with Gasteiger partial charge in [-0.1, -0.05) is 84.9 Å². The number of hydrogen-bond acceptors (Lipinski definition) is 10. The summed E-state index contributed by atoms with van der Waals surface area (Å²) in [6.07, 6.45) is 6.56. The van der Waals surface area contributed by atoms with E-state index in [0.717, 1.165) is 61.7 Å². The number of esters is 2. The summed E-state index contributed by atoms with van der Waals surface area (Å²) >= 11 is 0. The lowest BCUT2D eigenvalue weighted by atomic mass is 9.56. The number of benzene rings is 6. The van der Waals surface area contributed by atoms with Crippen molar-refractivity contribution in [2.24, 2.45) is 11.3 Å². The van der Waals surface area contributed by atoms with Crippen LogP contribution < -0.4 is 9.47 Å². The molecule has 0 saturated heterocycles. The molecule has 10 heteroatoms. The third-order valence-corrected chi connectivity index (χ3v) is 13.2. The Hall–Kier alpha value is -6.78. The van der Waals surface area contributed by atoms with Crippen LogP contribution in [0.3, 0.4) is 0 Å². The van der Waals surface area contributed by atoms with E-state index in [2.05, 4.69) is 18.2 Å². The number of phenols is 3. The fourth-order valence-electron chi connectivity index (χ4n) is 10.2. The van der Waals surface area contributed by atoms with Crippen LogP contribution in [0.25, 0.3) is 28.0 Å². The van der Waals surface area contributed by atoms with E-state index < -0.39 is 29.6 Å². The predicted octanol–water partition coefficient (Wildman–Crippen LogP) is 10.0. The zero-order valence-corrected chi connectivity index (χ0v) is 37.0. The molecule has 0 amide bonds. The van der Waals surface area contributed by atoms with Crippen molar-refractivity contribution in [3.8, 4) is 39.9 Å². The molecule has 8 rings (SSSR count). The Morgan fingerprint density at radius 1 is 0.769 bits per heavy atom. The summed E-state index contributed by atoms with van der Waals surface area (Å²) in [7, 11) is 3.03. The van der Waals surface area contributed by atoms with Crippen LogP contribution in [-0.2, 0) is 44.7 Å². The van der Waals surface area contributed by atoms with E-state index in [1.54, 1.807) is 24.3 Å². The predicted molar refractivity (Wildman–Crippen MR) is 250 cm³/mol. The van der Waals surface area contributed by atoms with Gasteiger partial charge < -0.3 is 39.4 Å². The lowest BCUT2D eigenvalue weighted by molar-refractivity contribution is -0.161. The van der Waals surface area contributed by atoms with Crippen molar-refractivity contribution >= 4 is 28.8 Å². The first-order chi connectivity index (χ1) is 31.4. The lowest BCUT2D eigenvalue weighted by Crippen LogP contribution is -2.49. The van der Waals surface area contributed by atoms with Crippen molar-refractivity contribution in [3.05, 3.63) is 155 Å². The second-order valence-corrected chi connectivity index (χ2v) is 17.6. The number of rotatable bonds is 13. The van der Waals surface area contributed by atoms with Gasteiger partial charge in [-0.2, -0.15) is 0 Å². The Morgan fingerprint density at radius 3 is 2.34 bits per heavy atom. The van der Waals surface area contributed by atoms with E-state index in [4.69, 9.17) is 18.9 Å². The van der Waals surface area contributed by atoms with Gasteiger partial charge in [-0.3, -0.25) is 9.59 Å². The van der Waals surface area contributed by atoms with Crippen molar-refractivity contribution in [2.45, 2.75) is 76.4 Å². The highest BCUT2D eigenvalue weighted by atomic mass is 16.6. The molecule has 0 aliphatic heterocycles. The van der Waals surface area contributed by atoms with Crippen LogP contribution in [0.5, 0.6) is 28.7 Å². The van der Waals surface area contributed by atoms with E-state index in [9.17, 15) is 30.0 Å². The first-order valence-electron chi connectivity index (χ1n) is 22.3. The summed E-state index contributed by atoms with van der Waals surface area (Å²) in [6.45, 7) is 1.50. The van der Waals surface area contributed by atoms with Crippen LogP contribution in [0.1, 0.15) is 71.9 Å². The Morgan fingerprint density at radius 2 is 1.57 bits per heavy atom. The lowest BCUT2D eigenvalue weighted by Gasteiger charge is -2.50. The van der Waals surface area contributed by atoms with Crippen molar-refractivity contribution in [2.75, 3.05) is 20.8 Å². The third-order valence-electron chi connectivity index (χ3n) is 13.2. The first kappa shape index (κ1) is 44.8. The molecule has 5 atom stereocenters. The minimum absolute atomic E-state index is 0.00994. The molecule has 4 N–H and O–H groups in total. The Bertz CT molecular complexity index is 2710. The van der Waals surface area contributed by atoms with Crippen LogP contribution in [0.15, 0.2) is 121 Å². The standard InChI is InChI=1S/C55H56O10/c1-34(57)64-51-31-45(65-54(61)23-37-14-15-40-24-44(58)30-47(46(40)22-37)39-13-7-11-36(21-39)12-8-20-56)25-42(38-16-17-49(59)52(28-38)62-2)32-55(19-18-35-9-5-4-6-10-35)33-43-27-50(60)53(63-3)29-41(43)26-48(51)55/h4-7,9-11,13-19,21-22,24,27-30,42,45,48,51,56,58-60H,8,12,20,23,25-26,31-33H2,1-3H3/b19-18+/t42-,45+,48+,51-,55-/m1/s1. The van der Waals surface area contributed by atoms with Gasteiger partial charge in [0.05, 0.1) is 20.6 Å². The monoisotopic (exact) mass is 876 g/mol. The van der Waals surface area contributed by atoms with Gasteiger partial charge in [-0.25, -0.2) is 0 Å². The van der Waals surface area contributed by atoms with Crippen LogP contribution in [0.2, 0.25) is 0 Å².